The Morgan fingerprint density at radius 3 is 3.05 bits per heavy atom. The summed E-state index contributed by atoms with van der Waals surface area (Å²) in [5.74, 6) is 1.05. The molecule has 0 unspecified atom stereocenters. The number of rotatable bonds is 7. The highest BCUT2D eigenvalue weighted by molar-refractivity contribution is 5.37. The molecule has 2 rings (SSSR count). The summed E-state index contributed by atoms with van der Waals surface area (Å²) in [5.41, 5.74) is 3.13. The van der Waals surface area contributed by atoms with Gasteiger partial charge in [-0.25, -0.2) is 0 Å². The maximum Gasteiger partial charge on any atom is 0.293 e. The Balaban J connectivity index is 2.08. The smallest absolute Gasteiger partial charge is 0.293 e. The van der Waals surface area contributed by atoms with Crippen molar-refractivity contribution in [2.24, 2.45) is 17.3 Å². The molecule has 0 saturated carbocycles. The average Bonchev–Trinajstić information content (AvgIpc) is 2.79. The highest BCUT2D eigenvalue weighted by atomic mass is 16.5. The molecule has 0 saturated heterocycles. The van der Waals surface area contributed by atoms with E-state index in [0.717, 1.165) is 19.3 Å². The van der Waals surface area contributed by atoms with E-state index in [1.165, 1.54) is 24.0 Å². The highest BCUT2D eigenvalue weighted by Gasteiger charge is 2.44. The Morgan fingerprint density at radius 2 is 2.33 bits per heavy atom. The first-order valence-electron chi connectivity index (χ1n) is 8.13. The number of carbonyl (C=O) groups is 1. The van der Waals surface area contributed by atoms with Crippen LogP contribution >= 0.6 is 0 Å². The van der Waals surface area contributed by atoms with Crippen molar-refractivity contribution in [1.82, 2.24) is 0 Å². The fourth-order valence-electron chi connectivity index (χ4n) is 4.01. The Labute approximate surface area is 129 Å². The van der Waals surface area contributed by atoms with Gasteiger partial charge in [0.2, 0.25) is 0 Å². The molecule has 2 aliphatic rings. The van der Waals surface area contributed by atoms with E-state index < -0.39 is 0 Å². The monoisotopic (exact) mass is 288 g/mol. The fourth-order valence-corrected chi connectivity index (χ4v) is 4.01. The summed E-state index contributed by atoms with van der Waals surface area (Å²) >= 11 is 0. The molecule has 0 radical (unpaired) electrons. The molecule has 0 N–H and O–H groups in total. The maximum atomic E-state index is 10.6. The summed E-state index contributed by atoms with van der Waals surface area (Å²) in [6, 6.07) is 0. The molecule has 0 amide bonds. The predicted octanol–water partition coefficient (Wildman–Crippen LogP) is 4.82. The van der Waals surface area contributed by atoms with Crippen LogP contribution in [0.1, 0.15) is 52.9 Å². The van der Waals surface area contributed by atoms with E-state index in [0.29, 0.717) is 24.9 Å². The summed E-state index contributed by atoms with van der Waals surface area (Å²) in [4.78, 5) is 10.6. The highest BCUT2D eigenvalue weighted by Crippen LogP contribution is 2.53. The first kappa shape index (κ1) is 16.1. The van der Waals surface area contributed by atoms with Crippen LogP contribution < -0.4 is 0 Å². The first-order valence-corrected chi connectivity index (χ1v) is 8.13. The van der Waals surface area contributed by atoms with Gasteiger partial charge >= 0.3 is 0 Å². The van der Waals surface area contributed by atoms with Gasteiger partial charge in [-0.05, 0) is 68.8 Å². The minimum absolute atomic E-state index is 0.274. The Morgan fingerprint density at radius 1 is 1.52 bits per heavy atom. The molecule has 2 heteroatoms. The third kappa shape index (κ3) is 3.66. The van der Waals surface area contributed by atoms with E-state index >= 15 is 0 Å². The molecule has 0 bridgehead atoms. The summed E-state index contributed by atoms with van der Waals surface area (Å²) < 4.78 is 5.15. The molecule has 0 aliphatic heterocycles. The normalized spacial score (nSPS) is 28.5. The minimum atomic E-state index is 0.274. The van der Waals surface area contributed by atoms with Gasteiger partial charge in [0.1, 0.15) is 0 Å². The largest absolute Gasteiger partial charge is 0.468 e. The maximum absolute atomic E-state index is 10.6. The van der Waals surface area contributed by atoms with Crippen molar-refractivity contribution in [3.05, 3.63) is 35.5 Å². The van der Waals surface area contributed by atoms with E-state index in [4.69, 9.17) is 4.74 Å². The number of fused-ring (bicyclic) bond motifs is 1. The van der Waals surface area contributed by atoms with E-state index in [2.05, 4.69) is 45.1 Å². The topological polar surface area (TPSA) is 26.3 Å². The summed E-state index contributed by atoms with van der Waals surface area (Å²) in [5, 5.41) is 0. The van der Waals surface area contributed by atoms with E-state index in [9.17, 15) is 4.79 Å². The van der Waals surface area contributed by atoms with Crippen molar-refractivity contribution in [1.29, 1.82) is 0 Å². The number of hydrogen-bond donors (Lipinski definition) is 0. The van der Waals surface area contributed by atoms with Crippen LogP contribution in [-0.2, 0) is 9.53 Å². The van der Waals surface area contributed by atoms with Crippen LogP contribution in [0.4, 0.5) is 0 Å². The Kier molecular flexibility index (Phi) is 5.44. The average molecular weight is 288 g/mol. The van der Waals surface area contributed by atoms with Crippen molar-refractivity contribution in [3.8, 4) is 0 Å². The van der Waals surface area contributed by atoms with Gasteiger partial charge < -0.3 is 4.74 Å². The van der Waals surface area contributed by atoms with Crippen LogP contribution in [0, 0.1) is 17.3 Å². The van der Waals surface area contributed by atoms with Gasteiger partial charge in [-0.3, -0.25) is 4.79 Å². The van der Waals surface area contributed by atoms with Gasteiger partial charge in [0.15, 0.2) is 0 Å². The van der Waals surface area contributed by atoms with Crippen LogP contribution in [0.3, 0.4) is 0 Å². The summed E-state index contributed by atoms with van der Waals surface area (Å²) in [7, 11) is 0. The van der Waals surface area contributed by atoms with Crippen molar-refractivity contribution in [2.45, 2.75) is 52.9 Å². The van der Waals surface area contributed by atoms with Gasteiger partial charge in [-0.15, -0.1) is 0 Å². The molecule has 3 atom stereocenters. The molecule has 2 aliphatic carbocycles. The lowest BCUT2D eigenvalue weighted by Crippen LogP contribution is -2.34. The lowest BCUT2D eigenvalue weighted by atomic mass is 9.65. The summed E-state index contributed by atoms with van der Waals surface area (Å²) in [6.45, 7) is 7.83. The zero-order chi connectivity index (χ0) is 15.3. The number of allylic oxidation sites excluding steroid dienone is 6. The minimum Gasteiger partial charge on any atom is -0.468 e. The van der Waals surface area contributed by atoms with E-state index in [1.807, 2.05) is 0 Å². The van der Waals surface area contributed by atoms with Crippen LogP contribution in [0.5, 0.6) is 0 Å². The fraction of sp³-hybridized carbons (Fsp3) is 0.632. The zero-order valence-electron chi connectivity index (χ0n) is 13.6. The second-order valence-electron chi connectivity index (χ2n) is 6.91. The standard InChI is InChI=1S/C19H28O2/c1-15(2)7-6-8-16(13-21-14-20)18-11-10-17-9-4-5-12-19(17,18)3/h4,7,9-10,14,16,18H,5-6,8,11-13H2,1-3H3/t16-,18+,19-/m0/s1. The molecule has 116 valence electrons. The molecule has 0 aromatic carbocycles. The van der Waals surface area contributed by atoms with Crippen LogP contribution in [0.2, 0.25) is 0 Å². The molecule has 0 aromatic rings. The van der Waals surface area contributed by atoms with E-state index in [1.54, 1.807) is 0 Å². The zero-order valence-corrected chi connectivity index (χ0v) is 13.6. The molecule has 0 spiro atoms. The lowest BCUT2D eigenvalue weighted by Gasteiger charge is -2.40. The third-order valence-corrected chi connectivity index (χ3v) is 5.23. The van der Waals surface area contributed by atoms with Gasteiger partial charge in [0.05, 0.1) is 6.61 Å². The number of hydrogen-bond acceptors (Lipinski definition) is 2. The quantitative estimate of drug-likeness (QED) is 0.495. The van der Waals surface area contributed by atoms with E-state index in [-0.39, 0.29) is 5.41 Å². The molecule has 0 aromatic heterocycles. The molecule has 2 nitrogen and oxygen atoms in total. The predicted molar refractivity (Wildman–Crippen MR) is 86.8 cm³/mol. The lowest BCUT2D eigenvalue weighted by molar-refractivity contribution is -0.131. The Bertz CT molecular complexity index is 454. The number of ether oxygens (including phenoxy) is 1. The Hall–Kier alpha value is -1.31. The summed E-state index contributed by atoms with van der Waals surface area (Å²) in [6.07, 6.45) is 15.0. The molecule has 0 fully saturated rings. The van der Waals surface area contributed by atoms with Crippen LogP contribution in [0.15, 0.2) is 35.5 Å². The van der Waals surface area contributed by atoms with Gasteiger partial charge in [-0.2, -0.15) is 0 Å². The molecule has 21 heavy (non-hydrogen) atoms. The van der Waals surface area contributed by atoms with Crippen LogP contribution in [-0.4, -0.2) is 13.1 Å². The third-order valence-electron chi connectivity index (χ3n) is 5.23. The van der Waals surface area contributed by atoms with Crippen molar-refractivity contribution >= 4 is 6.47 Å². The second-order valence-corrected chi connectivity index (χ2v) is 6.91. The van der Waals surface area contributed by atoms with Gasteiger partial charge in [-0.1, -0.05) is 36.8 Å². The van der Waals surface area contributed by atoms with Crippen LogP contribution in [0.25, 0.3) is 0 Å². The SMILES string of the molecule is CC(C)=CCC[C@@H](COC=O)[C@H]1CC=C2C=CCC[C@@]21C. The van der Waals surface area contributed by atoms with Gasteiger partial charge in [0, 0.05) is 0 Å². The van der Waals surface area contributed by atoms with Crippen molar-refractivity contribution in [3.63, 3.8) is 0 Å². The number of carbonyl (C=O) groups excluding carboxylic acids is 1. The second kappa shape index (κ2) is 7.11. The van der Waals surface area contributed by atoms with Gasteiger partial charge in [0.25, 0.3) is 6.47 Å². The first-order chi connectivity index (χ1) is 10.1. The molecular weight excluding hydrogens is 260 g/mol. The molecular formula is C19H28O2. The van der Waals surface area contributed by atoms with Crippen molar-refractivity contribution < 1.29 is 9.53 Å². The molecule has 0 heterocycles. The van der Waals surface area contributed by atoms with Crippen molar-refractivity contribution in [2.75, 3.05) is 6.61 Å².